The molecule has 3 nitrogen and oxygen atoms in total. The van der Waals surface area contributed by atoms with E-state index in [0.717, 1.165) is 21.6 Å². The Morgan fingerprint density at radius 2 is 1.12 bits per heavy atom. The highest BCUT2D eigenvalue weighted by Crippen LogP contribution is 2.31. The summed E-state index contributed by atoms with van der Waals surface area (Å²) in [6.07, 6.45) is -0.890. The number of hydrogen-bond donors (Lipinski definition) is 1. The van der Waals surface area contributed by atoms with Crippen molar-refractivity contribution in [3.05, 3.63) is 138 Å². The average molecular weight is 468 g/mol. The number of rotatable bonds is 10. The Kier molecular flexibility index (Phi) is 8.55. The Hall–Kier alpha value is -3.34. The van der Waals surface area contributed by atoms with Crippen molar-refractivity contribution in [3.63, 3.8) is 0 Å². The molecular weight excluding hydrogens is 438 g/mol. The zero-order chi connectivity index (χ0) is 23.6. The van der Waals surface area contributed by atoms with Crippen molar-refractivity contribution in [2.75, 3.05) is 5.75 Å². The predicted octanol–water partition coefficient (Wildman–Crippen LogP) is 6.36. The molecule has 0 saturated carbocycles. The molecule has 4 aromatic rings. The first-order valence-corrected chi connectivity index (χ1v) is 12.5. The van der Waals surface area contributed by atoms with Gasteiger partial charge in [0.2, 0.25) is 5.91 Å². The van der Waals surface area contributed by atoms with Crippen LogP contribution in [0.2, 0.25) is 0 Å². The van der Waals surface area contributed by atoms with E-state index in [1.165, 1.54) is 0 Å². The summed E-state index contributed by atoms with van der Waals surface area (Å²) in [6, 6.07) is 39.6. The lowest BCUT2D eigenvalue weighted by atomic mass is 9.95. The molecular formula is C30H29NO2S. The van der Waals surface area contributed by atoms with E-state index < -0.39 is 12.0 Å². The summed E-state index contributed by atoms with van der Waals surface area (Å²) in [5, 5.41) is 11.3. The van der Waals surface area contributed by atoms with Crippen molar-refractivity contribution >= 4 is 17.7 Å². The van der Waals surface area contributed by atoms with E-state index in [1.807, 2.05) is 126 Å². The Morgan fingerprint density at radius 3 is 1.62 bits per heavy atom. The number of hydrogen-bond acceptors (Lipinski definition) is 3. The minimum Gasteiger partial charge on any atom is -0.388 e. The molecule has 0 unspecified atom stereocenters. The van der Waals surface area contributed by atoms with Gasteiger partial charge in [-0.15, -0.1) is 11.8 Å². The van der Waals surface area contributed by atoms with Crippen LogP contribution in [0.5, 0.6) is 0 Å². The molecule has 4 heteroatoms. The van der Waals surface area contributed by atoms with Gasteiger partial charge in [-0.1, -0.05) is 109 Å². The van der Waals surface area contributed by atoms with E-state index in [-0.39, 0.29) is 5.91 Å². The number of carbonyl (C=O) groups excluding carboxylic acids is 1. The maximum atomic E-state index is 14.0. The van der Waals surface area contributed by atoms with Gasteiger partial charge >= 0.3 is 0 Å². The maximum absolute atomic E-state index is 14.0. The number of nitrogens with zero attached hydrogens (tertiary/aromatic N) is 1. The van der Waals surface area contributed by atoms with Gasteiger partial charge in [0.05, 0.1) is 12.0 Å². The van der Waals surface area contributed by atoms with Crippen molar-refractivity contribution in [1.82, 2.24) is 4.90 Å². The van der Waals surface area contributed by atoms with Gasteiger partial charge in [-0.2, -0.15) is 0 Å². The molecule has 1 amide bonds. The predicted molar refractivity (Wildman–Crippen MR) is 139 cm³/mol. The summed E-state index contributed by atoms with van der Waals surface area (Å²) in [6.45, 7) is 0.977. The van der Waals surface area contributed by atoms with Crippen LogP contribution in [0.25, 0.3) is 0 Å². The van der Waals surface area contributed by atoms with Crippen LogP contribution < -0.4 is 0 Å². The smallest absolute Gasteiger partial charge is 0.230 e. The number of benzene rings is 4. The minimum atomic E-state index is -0.890. The normalized spacial score (nSPS) is 12.6. The van der Waals surface area contributed by atoms with Crippen molar-refractivity contribution in [2.45, 2.75) is 24.1 Å². The second-order valence-corrected chi connectivity index (χ2v) is 9.34. The van der Waals surface area contributed by atoms with Gasteiger partial charge < -0.3 is 10.0 Å². The molecule has 1 N–H and O–H groups in total. The molecule has 0 fully saturated rings. The standard InChI is InChI=1S/C30H29NO2S/c32-29(26-17-9-3-10-18-26)28(23-34-27-19-11-4-12-20-27)30(33)31(21-24-13-5-1-6-14-24)22-25-15-7-2-8-16-25/h1-20,28-29,32H,21-23H2/t28-,29+/m1/s1. The van der Waals surface area contributed by atoms with Crippen molar-refractivity contribution in [3.8, 4) is 0 Å². The number of thioether (sulfide) groups is 1. The summed E-state index contributed by atoms with van der Waals surface area (Å²) >= 11 is 1.60. The Balaban J connectivity index is 1.62. The molecule has 2 atom stereocenters. The van der Waals surface area contributed by atoms with Gasteiger partial charge in [-0.3, -0.25) is 4.79 Å². The Morgan fingerprint density at radius 1 is 0.676 bits per heavy atom. The van der Waals surface area contributed by atoms with Gasteiger partial charge in [0.25, 0.3) is 0 Å². The third-order valence-electron chi connectivity index (χ3n) is 5.76. The molecule has 0 spiro atoms. The van der Waals surface area contributed by atoms with Gasteiger partial charge in [0.15, 0.2) is 0 Å². The first-order valence-electron chi connectivity index (χ1n) is 11.5. The first kappa shape index (κ1) is 23.8. The summed E-state index contributed by atoms with van der Waals surface area (Å²) in [5.41, 5.74) is 2.89. The second kappa shape index (κ2) is 12.2. The van der Waals surface area contributed by atoms with Crippen molar-refractivity contribution in [2.24, 2.45) is 5.92 Å². The molecule has 0 aliphatic heterocycles. The van der Waals surface area contributed by atoms with Crippen LogP contribution in [0, 0.1) is 5.92 Å². The minimum absolute atomic E-state index is 0.0486. The third-order valence-corrected chi connectivity index (χ3v) is 6.89. The lowest BCUT2D eigenvalue weighted by Crippen LogP contribution is -2.39. The van der Waals surface area contributed by atoms with Crippen molar-refractivity contribution < 1.29 is 9.90 Å². The van der Waals surface area contributed by atoms with Crippen LogP contribution >= 0.6 is 11.8 Å². The van der Waals surface area contributed by atoms with Gasteiger partial charge in [0.1, 0.15) is 0 Å². The molecule has 0 aliphatic carbocycles. The van der Waals surface area contributed by atoms with E-state index in [2.05, 4.69) is 0 Å². The Bertz CT molecular complexity index is 1100. The van der Waals surface area contributed by atoms with Crippen LogP contribution in [-0.4, -0.2) is 21.7 Å². The fraction of sp³-hybridized carbons (Fsp3) is 0.167. The third kappa shape index (κ3) is 6.60. The molecule has 0 saturated heterocycles. The van der Waals surface area contributed by atoms with E-state index in [9.17, 15) is 9.90 Å². The molecule has 0 aromatic heterocycles. The van der Waals surface area contributed by atoms with Crippen LogP contribution in [-0.2, 0) is 17.9 Å². The van der Waals surface area contributed by atoms with Crippen LogP contribution in [0.4, 0.5) is 0 Å². The molecule has 0 aliphatic rings. The number of aliphatic hydroxyl groups excluding tert-OH is 1. The number of amides is 1. The SMILES string of the molecule is O=C([C@H](CSc1ccccc1)[C@@H](O)c1ccccc1)N(Cc1ccccc1)Cc1ccccc1. The van der Waals surface area contributed by atoms with Gasteiger partial charge in [0, 0.05) is 23.7 Å². The monoisotopic (exact) mass is 467 g/mol. The summed E-state index contributed by atoms with van der Waals surface area (Å²) in [4.78, 5) is 17.0. The number of carbonyl (C=O) groups is 1. The molecule has 0 radical (unpaired) electrons. The van der Waals surface area contributed by atoms with E-state index in [4.69, 9.17) is 0 Å². The van der Waals surface area contributed by atoms with Gasteiger partial charge in [-0.25, -0.2) is 0 Å². The highest BCUT2D eigenvalue weighted by atomic mass is 32.2. The summed E-state index contributed by atoms with van der Waals surface area (Å²) in [7, 11) is 0. The molecule has 34 heavy (non-hydrogen) atoms. The average Bonchev–Trinajstić information content (AvgIpc) is 2.90. The lowest BCUT2D eigenvalue weighted by molar-refractivity contribution is -0.139. The van der Waals surface area contributed by atoms with Crippen LogP contribution in [0.3, 0.4) is 0 Å². The highest BCUT2D eigenvalue weighted by Gasteiger charge is 2.32. The van der Waals surface area contributed by atoms with E-state index in [0.29, 0.717) is 18.8 Å². The molecule has 4 rings (SSSR count). The maximum Gasteiger partial charge on any atom is 0.230 e. The first-order chi connectivity index (χ1) is 16.7. The van der Waals surface area contributed by atoms with Crippen LogP contribution in [0.15, 0.2) is 126 Å². The summed E-state index contributed by atoms with van der Waals surface area (Å²) in [5.74, 6) is -0.147. The molecule has 172 valence electrons. The van der Waals surface area contributed by atoms with E-state index in [1.54, 1.807) is 11.8 Å². The van der Waals surface area contributed by atoms with Gasteiger partial charge in [-0.05, 0) is 28.8 Å². The molecule has 0 bridgehead atoms. The quantitative estimate of drug-likeness (QED) is 0.276. The highest BCUT2D eigenvalue weighted by molar-refractivity contribution is 7.99. The summed E-state index contributed by atoms with van der Waals surface area (Å²) < 4.78 is 0. The van der Waals surface area contributed by atoms with E-state index >= 15 is 0 Å². The fourth-order valence-corrected chi connectivity index (χ4v) is 4.98. The zero-order valence-corrected chi connectivity index (χ0v) is 19.9. The zero-order valence-electron chi connectivity index (χ0n) is 19.0. The lowest BCUT2D eigenvalue weighted by Gasteiger charge is -2.30. The Labute approximate surface area is 206 Å². The largest absolute Gasteiger partial charge is 0.388 e. The molecule has 0 heterocycles. The topological polar surface area (TPSA) is 40.5 Å². The van der Waals surface area contributed by atoms with Crippen LogP contribution in [0.1, 0.15) is 22.8 Å². The van der Waals surface area contributed by atoms with Crippen molar-refractivity contribution in [1.29, 1.82) is 0 Å². The number of aliphatic hydroxyl groups is 1. The molecule has 4 aromatic carbocycles. The fourth-order valence-electron chi connectivity index (χ4n) is 3.94. The second-order valence-electron chi connectivity index (χ2n) is 8.25.